The third-order valence-corrected chi connectivity index (χ3v) is 2.34. The molecule has 2 rings (SSSR count). The van der Waals surface area contributed by atoms with E-state index in [0.29, 0.717) is 10.9 Å². The summed E-state index contributed by atoms with van der Waals surface area (Å²) in [5.74, 6) is -1.09. The van der Waals surface area contributed by atoms with Gasteiger partial charge in [0, 0.05) is 0 Å². The number of halogens is 1. The van der Waals surface area contributed by atoms with Gasteiger partial charge in [-0.3, -0.25) is 4.79 Å². The fraction of sp³-hybridized carbons (Fsp3) is 0.357. The van der Waals surface area contributed by atoms with Crippen LogP contribution >= 0.6 is 11.9 Å². The first-order valence-corrected chi connectivity index (χ1v) is 6.77. The number of aryl methyl sites for hydroxylation is 1. The van der Waals surface area contributed by atoms with Crippen molar-refractivity contribution in [2.75, 3.05) is 0 Å². The maximum absolute atomic E-state index is 11.6. The summed E-state index contributed by atoms with van der Waals surface area (Å²) in [6.07, 6.45) is 0. The number of para-hydroxylation sites is 1. The molecular formula is C14H19ClN2O3. The van der Waals surface area contributed by atoms with E-state index in [1.807, 2.05) is 27.7 Å². The lowest BCUT2D eigenvalue weighted by Crippen LogP contribution is -2.16. The summed E-state index contributed by atoms with van der Waals surface area (Å²) in [5, 5.41) is 0.422. The van der Waals surface area contributed by atoms with Crippen molar-refractivity contribution in [1.29, 1.82) is 0 Å². The van der Waals surface area contributed by atoms with Crippen molar-refractivity contribution < 1.29 is 9.08 Å². The summed E-state index contributed by atoms with van der Waals surface area (Å²) >= 11 is 4.92. The van der Waals surface area contributed by atoms with E-state index in [1.54, 1.807) is 25.1 Å². The van der Waals surface area contributed by atoms with Crippen LogP contribution in [0.3, 0.4) is 0 Å². The van der Waals surface area contributed by atoms with Gasteiger partial charge in [0.2, 0.25) is 5.82 Å². The second-order valence-corrected chi connectivity index (χ2v) is 3.40. The number of hydrogen-bond acceptors (Lipinski definition) is 4. The largest absolute Gasteiger partial charge is 0.392 e. The summed E-state index contributed by atoms with van der Waals surface area (Å²) in [4.78, 5) is 29.1. The number of fused-ring (bicyclic) bond motifs is 1. The molecule has 0 fully saturated rings. The molecule has 1 heterocycles. The van der Waals surface area contributed by atoms with E-state index < -0.39 is 11.5 Å². The van der Waals surface area contributed by atoms with Gasteiger partial charge in [0.25, 0.3) is 5.56 Å². The number of H-pyrrole nitrogens is 1. The molecule has 0 bridgehead atoms. The monoisotopic (exact) mass is 298 g/mol. The molecule has 110 valence electrons. The molecule has 0 aliphatic heterocycles. The SMILES string of the molecule is CC.CC.Cc1cccc2c(=O)[nH]c(C(=O)OCl)nc12. The first-order chi connectivity index (χ1) is 9.63. The summed E-state index contributed by atoms with van der Waals surface area (Å²) in [6.45, 7) is 9.80. The van der Waals surface area contributed by atoms with Gasteiger partial charge in [-0.15, -0.1) is 0 Å². The van der Waals surface area contributed by atoms with Crippen LogP contribution in [0.5, 0.6) is 0 Å². The Hall–Kier alpha value is -1.88. The van der Waals surface area contributed by atoms with Gasteiger partial charge in [-0.2, -0.15) is 0 Å². The number of benzene rings is 1. The van der Waals surface area contributed by atoms with Gasteiger partial charge in [-0.1, -0.05) is 39.8 Å². The van der Waals surface area contributed by atoms with Crippen molar-refractivity contribution in [1.82, 2.24) is 9.97 Å². The molecule has 1 N–H and O–H groups in total. The number of hydrogen-bond donors (Lipinski definition) is 1. The molecule has 1 aromatic heterocycles. The summed E-state index contributed by atoms with van der Waals surface area (Å²) < 4.78 is 3.98. The van der Waals surface area contributed by atoms with Gasteiger partial charge in [0.05, 0.1) is 10.9 Å². The van der Waals surface area contributed by atoms with E-state index in [0.717, 1.165) is 5.56 Å². The van der Waals surface area contributed by atoms with E-state index >= 15 is 0 Å². The third-order valence-electron chi connectivity index (χ3n) is 2.20. The zero-order chi connectivity index (χ0) is 15.7. The van der Waals surface area contributed by atoms with E-state index in [1.165, 1.54) is 0 Å². The molecule has 0 amide bonds. The van der Waals surface area contributed by atoms with Crippen LogP contribution in [0.1, 0.15) is 43.9 Å². The highest BCUT2D eigenvalue weighted by atomic mass is 35.5. The molecule has 0 spiro atoms. The fourth-order valence-corrected chi connectivity index (χ4v) is 1.51. The molecular weight excluding hydrogens is 280 g/mol. The summed E-state index contributed by atoms with van der Waals surface area (Å²) in [7, 11) is 0. The average molecular weight is 299 g/mol. The average Bonchev–Trinajstić information content (AvgIpc) is 2.51. The zero-order valence-corrected chi connectivity index (χ0v) is 13.0. The Kier molecular flexibility index (Phi) is 8.24. The van der Waals surface area contributed by atoms with Gasteiger partial charge in [0.15, 0.2) is 0 Å². The van der Waals surface area contributed by atoms with Crippen molar-refractivity contribution in [3.8, 4) is 0 Å². The molecule has 20 heavy (non-hydrogen) atoms. The predicted molar refractivity (Wildman–Crippen MR) is 81.1 cm³/mol. The molecule has 5 nitrogen and oxygen atoms in total. The lowest BCUT2D eigenvalue weighted by Gasteiger charge is -2.01. The highest BCUT2D eigenvalue weighted by Crippen LogP contribution is 2.12. The Bertz CT molecular complexity index is 623. The van der Waals surface area contributed by atoms with Crippen LogP contribution in [0, 0.1) is 6.92 Å². The Balaban J connectivity index is 0.000000829. The normalized spacial score (nSPS) is 8.90. The van der Waals surface area contributed by atoms with Crippen molar-refractivity contribution in [2.45, 2.75) is 34.6 Å². The van der Waals surface area contributed by atoms with Crippen LogP contribution in [-0.2, 0) is 4.29 Å². The Labute approximate surface area is 123 Å². The topological polar surface area (TPSA) is 72.0 Å². The molecule has 0 aliphatic carbocycles. The molecule has 6 heteroatoms. The van der Waals surface area contributed by atoms with Gasteiger partial charge in [0.1, 0.15) is 11.9 Å². The molecule has 0 atom stereocenters. The molecule has 0 saturated heterocycles. The number of nitrogens with zero attached hydrogens (tertiary/aromatic N) is 1. The Morgan fingerprint density at radius 2 is 1.85 bits per heavy atom. The van der Waals surface area contributed by atoms with Crippen molar-refractivity contribution >= 4 is 28.7 Å². The number of carbonyl (C=O) groups is 1. The Morgan fingerprint density at radius 1 is 1.25 bits per heavy atom. The Morgan fingerprint density at radius 3 is 2.40 bits per heavy atom. The standard InChI is InChI=1S/C10H7ClN2O3.2C2H6/c1-5-3-2-4-6-7(5)12-8(10(15)16-11)13-9(6)14;2*1-2/h2-4H,1H3,(H,12,13,14);2*1-2H3. The van der Waals surface area contributed by atoms with Gasteiger partial charge in [-0.05, 0) is 18.6 Å². The molecule has 2 aromatic rings. The fourth-order valence-electron chi connectivity index (χ4n) is 1.44. The van der Waals surface area contributed by atoms with Crippen LogP contribution in [0.25, 0.3) is 10.9 Å². The van der Waals surface area contributed by atoms with Gasteiger partial charge < -0.3 is 9.27 Å². The minimum Gasteiger partial charge on any atom is -0.341 e. The molecule has 0 aliphatic rings. The number of aromatic amines is 1. The second-order valence-electron chi connectivity index (χ2n) is 3.25. The number of rotatable bonds is 1. The minimum absolute atomic E-state index is 0.207. The van der Waals surface area contributed by atoms with Crippen LogP contribution in [0.2, 0.25) is 0 Å². The van der Waals surface area contributed by atoms with E-state index in [9.17, 15) is 9.59 Å². The molecule has 1 aromatic carbocycles. The minimum atomic E-state index is -0.885. The van der Waals surface area contributed by atoms with Crippen LogP contribution in [0.15, 0.2) is 23.0 Å². The highest BCUT2D eigenvalue weighted by Gasteiger charge is 2.13. The van der Waals surface area contributed by atoms with E-state index in [4.69, 9.17) is 11.9 Å². The third kappa shape index (κ3) is 4.06. The first-order valence-electron chi connectivity index (χ1n) is 6.46. The van der Waals surface area contributed by atoms with Crippen molar-refractivity contribution in [2.24, 2.45) is 0 Å². The molecule has 0 unspecified atom stereocenters. The number of aromatic nitrogens is 2. The lowest BCUT2D eigenvalue weighted by molar-refractivity contribution is 0.0738. The lowest BCUT2D eigenvalue weighted by atomic mass is 10.1. The van der Waals surface area contributed by atoms with E-state index in [2.05, 4.69) is 14.3 Å². The molecule has 0 saturated carbocycles. The van der Waals surface area contributed by atoms with Crippen molar-refractivity contribution in [3.63, 3.8) is 0 Å². The van der Waals surface area contributed by atoms with E-state index in [-0.39, 0.29) is 5.82 Å². The maximum atomic E-state index is 11.6. The van der Waals surface area contributed by atoms with Crippen molar-refractivity contribution in [3.05, 3.63) is 39.9 Å². The summed E-state index contributed by atoms with van der Waals surface area (Å²) in [5.41, 5.74) is 0.862. The summed E-state index contributed by atoms with van der Waals surface area (Å²) in [6, 6.07) is 5.17. The van der Waals surface area contributed by atoms with Crippen LogP contribution in [0.4, 0.5) is 0 Å². The van der Waals surface area contributed by atoms with Crippen LogP contribution in [-0.4, -0.2) is 15.9 Å². The quantitative estimate of drug-likeness (QED) is 0.873. The number of carbonyl (C=O) groups excluding carboxylic acids is 1. The van der Waals surface area contributed by atoms with Gasteiger partial charge in [-0.25, -0.2) is 9.78 Å². The highest BCUT2D eigenvalue weighted by molar-refractivity contribution is 6.15. The first kappa shape index (κ1) is 18.1. The predicted octanol–water partition coefficient (Wildman–Crippen LogP) is 3.59. The smallest absolute Gasteiger partial charge is 0.341 e. The maximum Gasteiger partial charge on any atom is 0.392 e. The van der Waals surface area contributed by atoms with Gasteiger partial charge >= 0.3 is 5.97 Å². The van der Waals surface area contributed by atoms with Crippen LogP contribution < -0.4 is 5.56 Å². The number of nitrogens with one attached hydrogen (secondary N) is 1. The molecule has 0 radical (unpaired) electrons. The zero-order valence-electron chi connectivity index (χ0n) is 12.3. The second kappa shape index (κ2) is 9.09.